The third-order valence-electron chi connectivity index (χ3n) is 17.6. The normalized spacial score (nSPS) is 14.1. The Morgan fingerprint density at radius 3 is 0.653 bits per heavy atom. The highest BCUT2D eigenvalue weighted by Crippen LogP contribution is 2.45. The molecule has 0 bridgehead atoms. The topological polar surface area (TPSA) is 237 Å². The van der Waals surface area contributed by atoms with Gasteiger partial charge in [-0.15, -0.1) is 0 Å². The third kappa shape index (κ3) is 70.3. The minimum Gasteiger partial charge on any atom is -0.462 e. The zero-order chi connectivity index (χ0) is 70.3. The summed E-state index contributed by atoms with van der Waals surface area (Å²) < 4.78 is 68.4. The van der Waals surface area contributed by atoms with Crippen molar-refractivity contribution in [3.8, 4) is 0 Å². The summed E-state index contributed by atoms with van der Waals surface area (Å²) in [5.41, 5.74) is 0. The summed E-state index contributed by atoms with van der Waals surface area (Å²) >= 11 is 0. The number of unbranched alkanes of at least 4 members (excludes halogenated alkanes) is 39. The van der Waals surface area contributed by atoms with Crippen LogP contribution in [0.5, 0.6) is 0 Å². The monoisotopic (exact) mass is 1400 g/mol. The van der Waals surface area contributed by atoms with Gasteiger partial charge in [0.25, 0.3) is 0 Å². The van der Waals surface area contributed by atoms with Gasteiger partial charge in [-0.3, -0.25) is 37.3 Å². The number of aliphatic hydroxyl groups excluding tert-OH is 1. The Morgan fingerprint density at radius 2 is 0.442 bits per heavy atom. The van der Waals surface area contributed by atoms with Gasteiger partial charge in [0.2, 0.25) is 0 Å². The number of phosphoric acid groups is 2. The number of hydrogen-bond acceptors (Lipinski definition) is 15. The first-order valence-corrected chi connectivity index (χ1v) is 42.2. The molecule has 0 aromatic carbocycles. The molecule has 0 saturated heterocycles. The molecule has 0 aliphatic heterocycles. The van der Waals surface area contributed by atoms with E-state index in [1.165, 1.54) is 180 Å². The average molecular weight is 1400 g/mol. The van der Waals surface area contributed by atoms with Crippen molar-refractivity contribution in [2.45, 2.75) is 401 Å². The molecule has 95 heavy (non-hydrogen) atoms. The maximum absolute atomic E-state index is 13.1. The molecule has 0 aliphatic carbocycles. The van der Waals surface area contributed by atoms with Crippen molar-refractivity contribution in [2.75, 3.05) is 39.6 Å². The van der Waals surface area contributed by atoms with E-state index >= 15 is 0 Å². The molecule has 3 unspecified atom stereocenters. The number of carbonyl (C=O) groups is 4. The lowest BCUT2D eigenvalue weighted by Crippen LogP contribution is -2.30. The number of rotatable bonds is 73. The van der Waals surface area contributed by atoms with Gasteiger partial charge in [0.1, 0.15) is 19.3 Å². The van der Waals surface area contributed by atoms with E-state index in [4.69, 9.17) is 37.0 Å². The molecule has 5 atom stereocenters. The van der Waals surface area contributed by atoms with Crippen molar-refractivity contribution < 1.29 is 80.2 Å². The molecule has 19 heteroatoms. The van der Waals surface area contributed by atoms with E-state index in [0.717, 1.165) is 114 Å². The molecular weight excluding hydrogens is 1250 g/mol. The maximum atomic E-state index is 13.1. The molecule has 0 rings (SSSR count). The highest BCUT2D eigenvalue weighted by atomic mass is 31.2. The molecule has 0 fully saturated rings. The molecule has 0 aliphatic rings. The van der Waals surface area contributed by atoms with Crippen molar-refractivity contribution in [2.24, 2.45) is 23.7 Å². The van der Waals surface area contributed by atoms with Crippen LogP contribution in [0.25, 0.3) is 0 Å². The minimum absolute atomic E-state index is 0.103. The van der Waals surface area contributed by atoms with Crippen LogP contribution in [0.15, 0.2) is 0 Å². The fourth-order valence-electron chi connectivity index (χ4n) is 11.6. The third-order valence-corrected chi connectivity index (χ3v) is 19.5. The van der Waals surface area contributed by atoms with Crippen LogP contribution in [-0.4, -0.2) is 96.7 Å². The minimum atomic E-state index is -4.96. The van der Waals surface area contributed by atoms with Gasteiger partial charge in [0.15, 0.2) is 12.2 Å². The van der Waals surface area contributed by atoms with Crippen LogP contribution in [0.2, 0.25) is 0 Å². The SMILES string of the molecule is CC(C)CCCCCCCCCCCCCCCCCCCCC(=O)OC[C@H](COP(=O)(O)OCC(O)COP(=O)(O)OC[C@@H](COC(=O)CCCCCCCCCC(C)C)OC(=O)CCCCCCCCCCC(C)C)OC(=O)CCCCCCCCCCCCC(C)C. The van der Waals surface area contributed by atoms with Gasteiger partial charge in [-0.2, -0.15) is 0 Å². The molecule has 0 aromatic rings. The van der Waals surface area contributed by atoms with Crippen molar-refractivity contribution in [3.05, 3.63) is 0 Å². The first kappa shape index (κ1) is 93.1. The van der Waals surface area contributed by atoms with Crippen LogP contribution in [0.1, 0.15) is 383 Å². The first-order chi connectivity index (χ1) is 45.6. The van der Waals surface area contributed by atoms with Gasteiger partial charge in [-0.1, -0.05) is 331 Å². The Bertz CT molecular complexity index is 1870. The second kappa shape index (κ2) is 65.4. The molecule has 0 radical (unpaired) electrons. The van der Waals surface area contributed by atoms with Gasteiger partial charge in [-0.25, -0.2) is 9.13 Å². The van der Waals surface area contributed by atoms with Crippen LogP contribution in [0, 0.1) is 23.7 Å². The van der Waals surface area contributed by atoms with E-state index in [1.54, 1.807) is 0 Å². The average Bonchev–Trinajstić information content (AvgIpc) is 1.51. The summed E-state index contributed by atoms with van der Waals surface area (Å²) in [6.07, 6.45) is 50.3. The Hall–Kier alpha value is -1.94. The fraction of sp³-hybridized carbons (Fsp3) is 0.947. The standard InChI is InChI=1S/C76H148O17P2/c1-66(2)52-44-36-28-21-17-15-13-11-9-10-12-14-16-18-23-32-40-48-56-73(78)86-62-71(92-75(80)58-50-42-33-24-20-19-22-29-37-45-53-67(3)4)64-90-94(82,83)88-60-70(77)61-89-95(84,85)91-65-72(63-87-74(79)57-49-41-35-27-31-39-47-55-69(7)8)93-76(81)59-51-43-34-26-25-30-38-46-54-68(5)6/h66-72,77H,9-65H2,1-8H3,(H,82,83)(H,84,85)/t70?,71-,72-/m1/s1. The van der Waals surface area contributed by atoms with Crippen molar-refractivity contribution >= 4 is 39.5 Å². The van der Waals surface area contributed by atoms with E-state index in [0.29, 0.717) is 31.6 Å². The van der Waals surface area contributed by atoms with Crippen molar-refractivity contribution in [1.29, 1.82) is 0 Å². The van der Waals surface area contributed by atoms with Crippen LogP contribution in [0.3, 0.4) is 0 Å². The summed E-state index contributed by atoms with van der Waals surface area (Å²) in [7, 11) is -9.91. The number of esters is 4. The van der Waals surface area contributed by atoms with Crippen LogP contribution >= 0.6 is 15.6 Å². The lowest BCUT2D eigenvalue weighted by molar-refractivity contribution is -0.161. The fourth-order valence-corrected chi connectivity index (χ4v) is 13.1. The molecule has 564 valence electrons. The van der Waals surface area contributed by atoms with Crippen LogP contribution < -0.4 is 0 Å². The number of ether oxygens (including phenoxy) is 4. The second-order valence-electron chi connectivity index (χ2n) is 29.3. The largest absolute Gasteiger partial charge is 0.472 e. The summed E-state index contributed by atoms with van der Waals surface area (Å²) in [6, 6.07) is 0. The molecule has 0 aromatic heterocycles. The number of aliphatic hydroxyl groups is 1. The van der Waals surface area contributed by atoms with Crippen molar-refractivity contribution in [3.63, 3.8) is 0 Å². The van der Waals surface area contributed by atoms with Gasteiger partial charge in [-0.05, 0) is 49.4 Å². The highest BCUT2D eigenvalue weighted by Gasteiger charge is 2.30. The smallest absolute Gasteiger partial charge is 0.462 e. The van der Waals surface area contributed by atoms with E-state index in [-0.39, 0.29) is 25.7 Å². The quantitative estimate of drug-likeness (QED) is 0.0222. The molecule has 0 amide bonds. The first-order valence-electron chi connectivity index (χ1n) is 39.2. The summed E-state index contributed by atoms with van der Waals surface area (Å²) in [6.45, 7) is 14.1. The number of phosphoric ester groups is 2. The zero-order valence-electron chi connectivity index (χ0n) is 62.3. The molecule has 0 spiro atoms. The Morgan fingerprint density at radius 1 is 0.263 bits per heavy atom. The second-order valence-corrected chi connectivity index (χ2v) is 32.2. The van der Waals surface area contributed by atoms with E-state index < -0.39 is 97.5 Å². The predicted molar refractivity (Wildman–Crippen MR) is 386 cm³/mol. The number of carbonyl (C=O) groups excluding carboxylic acids is 4. The zero-order valence-corrected chi connectivity index (χ0v) is 64.1. The maximum Gasteiger partial charge on any atom is 0.472 e. The molecular formula is C76H148O17P2. The van der Waals surface area contributed by atoms with E-state index in [2.05, 4.69) is 55.4 Å². The Kier molecular flexibility index (Phi) is 64.0. The Labute approximate surface area is 581 Å². The molecule has 0 heterocycles. The predicted octanol–water partition coefficient (Wildman–Crippen LogP) is 22.0. The number of hydrogen-bond donors (Lipinski definition) is 3. The van der Waals surface area contributed by atoms with Gasteiger partial charge in [0.05, 0.1) is 26.4 Å². The van der Waals surface area contributed by atoms with E-state index in [1.807, 2.05) is 0 Å². The highest BCUT2D eigenvalue weighted by molar-refractivity contribution is 7.47. The molecule has 17 nitrogen and oxygen atoms in total. The van der Waals surface area contributed by atoms with Gasteiger partial charge < -0.3 is 33.8 Å². The summed E-state index contributed by atoms with van der Waals surface area (Å²) in [4.78, 5) is 72.7. The molecule has 3 N–H and O–H groups in total. The lowest BCUT2D eigenvalue weighted by atomic mass is 10.0. The lowest BCUT2D eigenvalue weighted by Gasteiger charge is -2.21. The van der Waals surface area contributed by atoms with Crippen LogP contribution in [-0.2, 0) is 65.4 Å². The van der Waals surface area contributed by atoms with E-state index in [9.17, 15) is 43.2 Å². The van der Waals surface area contributed by atoms with Gasteiger partial charge >= 0.3 is 39.5 Å². The molecule has 0 saturated carbocycles. The summed E-state index contributed by atoms with van der Waals surface area (Å²) in [5, 5.41) is 10.6. The van der Waals surface area contributed by atoms with Crippen molar-refractivity contribution in [1.82, 2.24) is 0 Å². The Balaban J connectivity index is 5.18. The van der Waals surface area contributed by atoms with Gasteiger partial charge in [0, 0.05) is 25.7 Å². The van der Waals surface area contributed by atoms with Crippen LogP contribution in [0.4, 0.5) is 0 Å². The summed E-state index contributed by atoms with van der Waals surface area (Å²) in [5.74, 6) is 0.874.